The summed E-state index contributed by atoms with van der Waals surface area (Å²) >= 11 is 1.60. The number of aryl methyl sites for hydroxylation is 1. The van der Waals surface area contributed by atoms with Gasteiger partial charge in [0.25, 0.3) is 5.91 Å². The number of nitrogens with zero attached hydrogens (tertiary/aromatic N) is 3. The minimum absolute atomic E-state index is 0.0136. The summed E-state index contributed by atoms with van der Waals surface area (Å²) in [5.74, 6) is 0.0136. The Morgan fingerprint density at radius 3 is 3.12 bits per heavy atom. The first-order chi connectivity index (χ1) is 11.7. The van der Waals surface area contributed by atoms with Gasteiger partial charge in [0.1, 0.15) is 0 Å². The Morgan fingerprint density at radius 1 is 1.38 bits per heavy atom. The fourth-order valence-corrected chi connectivity index (χ4v) is 3.66. The quantitative estimate of drug-likeness (QED) is 0.719. The molecular weight excluding hydrogens is 322 g/mol. The maximum Gasteiger partial charge on any atom is 0.254 e. The summed E-state index contributed by atoms with van der Waals surface area (Å²) in [5, 5.41) is 3.98. The number of fused-ring (bicyclic) bond motifs is 1. The Morgan fingerprint density at radius 2 is 2.29 bits per heavy atom. The molecule has 0 bridgehead atoms. The first kappa shape index (κ1) is 15.2. The van der Waals surface area contributed by atoms with Crippen LogP contribution in [0.3, 0.4) is 0 Å². The second kappa shape index (κ2) is 6.30. The summed E-state index contributed by atoms with van der Waals surface area (Å²) in [5.41, 5.74) is 2.48. The molecule has 1 atom stereocenters. The van der Waals surface area contributed by atoms with Gasteiger partial charge in [-0.3, -0.25) is 9.78 Å². The van der Waals surface area contributed by atoms with E-state index in [9.17, 15) is 4.79 Å². The van der Waals surface area contributed by atoms with Crippen molar-refractivity contribution in [2.45, 2.75) is 13.0 Å². The average molecular weight is 339 g/mol. The van der Waals surface area contributed by atoms with Crippen molar-refractivity contribution < 1.29 is 9.53 Å². The molecule has 1 amide bonds. The summed E-state index contributed by atoms with van der Waals surface area (Å²) in [6, 6.07) is 9.37. The van der Waals surface area contributed by atoms with E-state index < -0.39 is 0 Å². The zero-order valence-electron chi connectivity index (χ0n) is 13.3. The van der Waals surface area contributed by atoms with Gasteiger partial charge in [-0.1, -0.05) is 6.07 Å². The smallest absolute Gasteiger partial charge is 0.254 e. The van der Waals surface area contributed by atoms with Crippen LogP contribution in [0.2, 0.25) is 0 Å². The fraction of sp³-hybridized carbons (Fsp3) is 0.278. The fourth-order valence-electron chi connectivity index (χ4n) is 3.00. The van der Waals surface area contributed by atoms with Crippen LogP contribution >= 0.6 is 11.3 Å². The van der Waals surface area contributed by atoms with Crippen LogP contribution in [-0.4, -0.2) is 40.5 Å². The molecule has 0 saturated carbocycles. The molecular formula is C18H17N3O2S. The zero-order chi connectivity index (χ0) is 16.5. The molecule has 4 rings (SSSR count). The summed E-state index contributed by atoms with van der Waals surface area (Å²) in [4.78, 5) is 23.8. The molecule has 0 spiro atoms. The number of hydrogen-bond acceptors (Lipinski definition) is 5. The van der Waals surface area contributed by atoms with Crippen molar-refractivity contribution in [3.05, 3.63) is 58.2 Å². The maximum atomic E-state index is 13.1. The highest BCUT2D eigenvalue weighted by atomic mass is 32.1. The second-order valence-corrected chi connectivity index (χ2v) is 6.85. The van der Waals surface area contributed by atoms with Crippen LogP contribution in [-0.2, 0) is 4.74 Å². The van der Waals surface area contributed by atoms with Crippen LogP contribution < -0.4 is 0 Å². The topological polar surface area (TPSA) is 55.3 Å². The Balaban J connectivity index is 1.67. The molecule has 5 nitrogen and oxygen atoms in total. The summed E-state index contributed by atoms with van der Waals surface area (Å²) < 4.78 is 5.59. The highest BCUT2D eigenvalue weighted by molar-refractivity contribution is 7.09. The van der Waals surface area contributed by atoms with Crippen molar-refractivity contribution in [3.63, 3.8) is 0 Å². The van der Waals surface area contributed by atoms with Gasteiger partial charge in [-0.2, -0.15) is 0 Å². The van der Waals surface area contributed by atoms with E-state index in [0.717, 1.165) is 21.6 Å². The maximum absolute atomic E-state index is 13.1. The molecule has 6 heteroatoms. The van der Waals surface area contributed by atoms with E-state index in [1.807, 2.05) is 47.5 Å². The van der Waals surface area contributed by atoms with Crippen LogP contribution in [0.5, 0.6) is 0 Å². The molecule has 1 aromatic carbocycles. The number of benzene rings is 1. The van der Waals surface area contributed by atoms with E-state index in [4.69, 9.17) is 4.74 Å². The predicted octanol–water partition coefficient (Wildman–Crippen LogP) is 3.21. The van der Waals surface area contributed by atoms with Crippen molar-refractivity contribution in [3.8, 4) is 0 Å². The van der Waals surface area contributed by atoms with Gasteiger partial charge in [-0.15, -0.1) is 11.3 Å². The Labute approximate surface area is 143 Å². The number of thiazole rings is 1. The van der Waals surface area contributed by atoms with E-state index >= 15 is 0 Å². The normalized spacial score (nSPS) is 18.0. The SMILES string of the molecule is Cc1nc([C@@H]2COCCN2C(=O)c2ccc3ncccc3c2)cs1. The van der Waals surface area contributed by atoms with Crippen LogP contribution in [0, 0.1) is 6.92 Å². The third kappa shape index (κ3) is 2.79. The molecule has 0 N–H and O–H groups in total. The highest BCUT2D eigenvalue weighted by Gasteiger charge is 2.30. The molecule has 0 unspecified atom stereocenters. The first-order valence-corrected chi connectivity index (χ1v) is 8.76. The first-order valence-electron chi connectivity index (χ1n) is 7.88. The molecule has 0 radical (unpaired) electrons. The molecule has 1 aliphatic heterocycles. The van der Waals surface area contributed by atoms with Gasteiger partial charge in [0.2, 0.25) is 0 Å². The highest BCUT2D eigenvalue weighted by Crippen LogP contribution is 2.27. The van der Waals surface area contributed by atoms with E-state index in [1.165, 1.54) is 0 Å². The molecule has 2 aromatic heterocycles. The largest absolute Gasteiger partial charge is 0.377 e. The number of carbonyl (C=O) groups excluding carboxylic acids is 1. The van der Waals surface area contributed by atoms with E-state index in [2.05, 4.69) is 9.97 Å². The van der Waals surface area contributed by atoms with E-state index in [0.29, 0.717) is 25.3 Å². The summed E-state index contributed by atoms with van der Waals surface area (Å²) in [6.45, 7) is 3.59. The number of ether oxygens (including phenoxy) is 1. The Hall–Kier alpha value is -2.31. The Kier molecular flexibility index (Phi) is 4.00. The molecule has 1 aliphatic rings. The number of carbonyl (C=O) groups is 1. The number of hydrogen-bond donors (Lipinski definition) is 0. The zero-order valence-corrected chi connectivity index (χ0v) is 14.1. The third-order valence-corrected chi connectivity index (χ3v) is 5.01. The molecule has 1 fully saturated rings. The summed E-state index contributed by atoms with van der Waals surface area (Å²) in [6.07, 6.45) is 1.76. The lowest BCUT2D eigenvalue weighted by Crippen LogP contribution is -2.43. The monoisotopic (exact) mass is 339 g/mol. The van der Waals surface area contributed by atoms with E-state index in [1.54, 1.807) is 17.5 Å². The van der Waals surface area contributed by atoms with E-state index in [-0.39, 0.29) is 11.9 Å². The third-order valence-electron chi connectivity index (χ3n) is 4.22. The van der Waals surface area contributed by atoms with Crippen LogP contribution in [0.1, 0.15) is 27.1 Å². The van der Waals surface area contributed by atoms with Crippen molar-refractivity contribution in [1.29, 1.82) is 0 Å². The molecule has 24 heavy (non-hydrogen) atoms. The van der Waals surface area contributed by atoms with Gasteiger partial charge in [0.15, 0.2) is 0 Å². The molecule has 3 aromatic rings. The average Bonchev–Trinajstić information content (AvgIpc) is 3.07. The standard InChI is InChI=1S/C18H17N3O2S/c1-12-20-16(11-24-12)17-10-23-8-7-21(17)18(22)14-4-5-15-13(9-14)3-2-6-19-15/h2-6,9,11,17H,7-8,10H2,1H3/t17-/m0/s1. The second-order valence-electron chi connectivity index (χ2n) is 5.79. The molecule has 3 heterocycles. The van der Waals surface area contributed by atoms with Crippen molar-refractivity contribution in [2.24, 2.45) is 0 Å². The molecule has 1 saturated heterocycles. The van der Waals surface area contributed by atoms with Crippen LogP contribution in [0.15, 0.2) is 41.9 Å². The van der Waals surface area contributed by atoms with Crippen molar-refractivity contribution >= 4 is 28.1 Å². The predicted molar refractivity (Wildman–Crippen MR) is 93.2 cm³/mol. The van der Waals surface area contributed by atoms with Crippen LogP contribution in [0.4, 0.5) is 0 Å². The van der Waals surface area contributed by atoms with Gasteiger partial charge < -0.3 is 9.64 Å². The summed E-state index contributed by atoms with van der Waals surface area (Å²) in [7, 11) is 0. The number of amides is 1. The van der Waals surface area contributed by atoms with Gasteiger partial charge in [0.05, 0.1) is 35.5 Å². The van der Waals surface area contributed by atoms with Gasteiger partial charge in [0, 0.05) is 29.1 Å². The minimum Gasteiger partial charge on any atom is -0.377 e. The number of morpholine rings is 1. The lowest BCUT2D eigenvalue weighted by molar-refractivity contribution is -0.00375. The van der Waals surface area contributed by atoms with Gasteiger partial charge in [-0.25, -0.2) is 4.98 Å². The van der Waals surface area contributed by atoms with Gasteiger partial charge >= 0.3 is 0 Å². The molecule has 0 aliphatic carbocycles. The van der Waals surface area contributed by atoms with Crippen LogP contribution in [0.25, 0.3) is 10.9 Å². The van der Waals surface area contributed by atoms with Crippen molar-refractivity contribution in [1.82, 2.24) is 14.9 Å². The molecule has 122 valence electrons. The lowest BCUT2D eigenvalue weighted by atomic mass is 10.1. The number of pyridine rings is 1. The number of aromatic nitrogens is 2. The lowest BCUT2D eigenvalue weighted by Gasteiger charge is -2.34. The van der Waals surface area contributed by atoms with Gasteiger partial charge in [-0.05, 0) is 31.2 Å². The number of rotatable bonds is 2. The Bertz CT molecular complexity index is 893. The minimum atomic E-state index is -0.124. The van der Waals surface area contributed by atoms with Crippen molar-refractivity contribution in [2.75, 3.05) is 19.8 Å².